The predicted octanol–water partition coefficient (Wildman–Crippen LogP) is 3.10. The zero-order valence-electron chi connectivity index (χ0n) is 42.5. The van der Waals surface area contributed by atoms with Gasteiger partial charge in [-0.3, -0.25) is 14.4 Å². The number of aromatic nitrogens is 2. The molecule has 0 spiro atoms. The Balaban J connectivity index is 0.000000249. The van der Waals surface area contributed by atoms with Crippen molar-refractivity contribution in [1.29, 1.82) is 0 Å². The van der Waals surface area contributed by atoms with E-state index in [0.717, 1.165) is 10.9 Å². The van der Waals surface area contributed by atoms with Crippen molar-refractivity contribution in [3.8, 4) is 0 Å². The lowest BCUT2D eigenvalue weighted by molar-refractivity contribution is -0.149. The van der Waals surface area contributed by atoms with Gasteiger partial charge in [0.2, 0.25) is 17.7 Å². The monoisotopic (exact) mass is 967 g/mol. The van der Waals surface area contributed by atoms with Crippen LogP contribution in [0.3, 0.4) is 0 Å². The highest BCUT2D eigenvalue weighted by Gasteiger charge is 2.53. The molecule has 0 unspecified atom stereocenters. The Morgan fingerprint density at radius 2 is 1.06 bits per heavy atom. The lowest BCUT2D eigenvalue weighted by atomic mass is 9.80. The van der Waals surface area contributed by atoms with Gasteiger partial charge in [0.25, 0.3) is 0 Å². The van der Waals surface area contributed by atoms with Gasteiger partial charge in [-0.05, 0) is 105 Å². The smallest absolute Gasteiger partial charge is 0.480 e. The molecule has 69 heavy (non-hydrogen) atoms. The molecule has 23 heteroatoms. The standard InChI is InChI=1S/C23H35BN4O6.C12H20N2O5.C11H17BN2O2/c1-14(2)18(27-21(31)32-7)20(30)28-12-8-9-16(28)19(29)26-17-11-10-15(13-25-17)24-33-22(3,4)23(5,6)34-24;1-7(2)9(13-12(18)19-3)10(15)14-6-4-5-8(14)11(16)17;1-10(2)11(3,4)16-12(15-10)8-5-6-9(13)14-7-8/h10-11,13-14,16,18H,8-9,12H2,1-7H3,(H,27,31)(H,25,26,29);7-9H,4-6H2,1-3H3,(H,13,18)(H,16,17);5-7H,1-4H3,(H2,13,14)/t16-,18-;8-,9-;/m00./s1. The fourth-order valence-corrected chi connectivity index (χ4v) is 7.69. The number of carbonyl (C=O) groups is 6. The number of nitrogens with one attached hydrogen (secondary N) is 3. The molecular weight excluding hydrogens is 894 g/mol. The summed E-state index contributed by atoms with van der Waals surface area (Å²) in [4.78, 5) is 83.7. The number of hydrogen-bond donors (Lipinski definition) is 5. The number of alkyl carbamates (subject to hydrolysis) is 2. The van der Waals surface area contributed by atoms with E-state index in [1.807, 2.05) is 75.3 Å². The number of nitrogen functional groups attached to an aromatic ring is 1. The largest absolute Gasteiger partial charge is 0.496 e. The van der Waals surface area contributed by atoms with Crippen molar-refractivity contribution in [2.75, 3.05) is 38.4 Å². The van der Waals surface area contributed by atoms with Crippen molar-refractivity contribution in [3.05, 3.63) is 36.7 Å². The number of amides is 5. The minimum atomic E-state index is -1.01. The normalized spacial score (nSPS) is 21.6. The maximum atomic E-state index is 13.1. The molecule has 0 aliphatic carbocycles. The lowest BCUT2D eigenvalue weighted by Gasteiger charge is -2.32. The predicted molar refractivity (Wildman–Crippen MR) is 258 cm³/mol. The highest BCUT2D eigenvalue weighted by molar-refractivity contribution is 6.62. The Morgan fingerprint density at radius 1 is 0.667 bits per heavy atom. The number of likely N-dealkylation sites (tertiary alicyclic amines) is 2. The molecule has 0 saturated carbocycles. The van der Waals surface area contributed by atoms with E-state index in [0.29, 0.717) is 50.4 Å². The van der Waals surface area contributed by atoms with Crippen LogP contribution in [0, 0.1) is 11.8 Å². The number of anilines is 2. The molecule has 4 aliphatic heterocycles. The lowest BCUT2D eigenvalue weighted by Crippen LogP contribution is -2.54. The highest BCUT2D eigenvalue weighted by atomic mass is 16.7. The Labute approximate surface area is 406 Å². The zero-order valence-corrected chi connectivity index (χ0v) is 42.5. The average molecular weight is 967 g/mol. The third-order valence-corrected chi connectivity index (χ3v) is 13.3. The van der Waals surface area contributed by atoms with Gasteiger partial charge in [-0.15, -0.1) is 0 Å². The van der Waals surface area contributed by atoms with E-state index in [9.17, 15) is 28.8 Å². The fraction of sp³-hybridized carbons (Fsp3) is 0.652. The molecule has 6 rings (SSSR count). The minimum absolute atomic E-state index is 0.151. The van der Waals surface area contributed by atoms with Crippen LogP contribution < -0.4 is 32.6 Å². The molecule has 2 aromatic heterocycles. The van der Waals surface area contributed by atoms with Crippen molar-refractivity contribution in [2.45, 2.75) is 155 Å². The third kappa shape index (κ3) is 13.8. The van der Waals surface area contributed by atoms with Gasteiger partial charge >= 0.3 is 32.4 Å². The van der Waals surface area contributed by atoms with Gasteiger partial charge in [0.05, 0.1) is 36.6 Å². The fourth-order valence-electron chi connectivity index (χ4n) is 7.69. The molecule has 6 N–H and O–H groups in total. The second-order valence-electron chi connectivity index (χ2n) is 20.1. The van der Waals surface area contributed by atoms with Crippen LogP contribution in [-0.2, 0) is 47.3 Å². The Hall–Kier alpha value is -5.51. The zero-order chi connectivity index (χ0) is 51.8. The Bertz CT molecular complexity index is 2090. The Morgan fingerprint density at radius 3 is 1.41 bits per heavy atom. The first kappa shape index (κ1) is 56.1. The first-order chi connectivity index (χ1) is 32.1. The summed E-state index contributed by atoms with van der Waals surface area (Å²) in [5.74, 6) is -1.44. The number of carboxylic acid groups (broad SMARTS) is 1. The summed E-state index contributed by atoms with van der Waals surface area (Å²) in [6.07, 6.45) is 4.27. The number of nitrogens with zero attached hydrogens (tertiary/aromatic N) is 4. The second-order valence-corrected chi connectivity index (χ2v) is 20.1. The summed E-state index contributed by atoms with van der Waals surface area (Å²) in [5.41, 5.74) is 5.63. The molecule has 2 aromatic rings. The van der Waals surface area contributed by atoms with Crippen LogP contribution in [0.5, 0.6) is 0 Å². The van der Waals surface area contributed by atoms with Gasteiger partial charge in [0.1, 0.15) is 35.8 Å². The summed E-state index contributed by atoms with van der Waals surface area (Å²) in [6.45, 7) is 24.1. The van der Waals surface area contributed by atoms with E-state index in [2.05, 4.69) is 35.4 Å². The van der Waals surface area contributed by atoms with Gasteiger partial charge in [0, 0.05) is 36.4 Å². The van der Waals surface area contributed by atoms with Crippen LogP contribution in [0.1, 0.15) is 109 Å². The molecule has 380 valence electrons. The number of methoxy groups -OCH3 is 2. The Kier molecular flexibility index (Phi) is 18.6. The number of ether oxygens (including phenoxy) is 2. The number of pyridine rings is 2. The third-order valence-electron chi connectivity index (χ3n) is 13.3. The number of nitrogens with two attached hydrogens (primary N) is 1. The number of carbonyl (C=O) groups excluding carboxylic acids is 5. The molecule has 0 bridgehead atoms. The van der Waals surface area contributed by atoms with Gasteiger partial charge < -0.3 is 64.7 Å². The molecule has 4 fully saturated rings. The van der Waals surface area contributed by atoms with E-state index in [1.54, 1.807) is 44.4 Å². The molecule has 0 radical (unpaired) electrons. The van der Waals surface area contributed by atoms with Gasteiger partial charge in [-0.1, -0.05) is 39.8 Å². The van der Waals surface area contributed by atoms with E-state index in [-0.39, 0.29) is 47.9 Å². The van der Waals surface area contributed by atoms with E-state index in [1.165, 1.54) is 24.0 Å². The topological polar surface area (TPSA) is 272 Å². The molecule has 0 aromatic carbocycles. The molecule has 21 nitrogen and oxygen atoms in total. The van der Waals surface area contributed by atoms with E-state index >= 15 is 0 Å². The summed E-state index contributed by atoms with van der Waals surface area (Å²) >= 11 is 0. The molecule has 4 saturated heterocycles. The SMILES string of the molecule is CC1(C)OB(c2ccc(N)nc2)OC1(C)C.COC(=O)N[C@H](C(=O)N1CCC[C@H]1C(=O)Nc1ccc(B2OC(C)(C)C(C)(C)O2)cn1)C(C)C.COC(=O)N[C@H](C(=O)N1CCC[C@H]1C(=O)O)C(C)C. The van der Waals surface area contributed by atoms with Crippen LogP contribution in [0.25, 0.3) is 0 Å². The molecule has 6 heterocycles. The summed E-state index contributed by atoms with van der Waals surface area (Å²) in [5, 5.41) is 16.9. The van der Waals surface area contributed by atoms with Crippen LogP contribution in [0.2, 0.25) is 0 Å². The van der Waals surface area contributed by atoms with Crippen molar-refractivity contribution >= 4 is 72.7 Å². The second kappa shape index (κ2) is 22.9. The maximum absolute atomic E-state index is 13.1. The highest BCUT2D eigenvalue weighted by Crippen LogP contribution is 2.37. The van der Waals surface area contributed by atoms with Crippen LogP contribution in [0.4, 0.5) is 21.2 Å². The summed E-state index contributed by atoms with van der Waals surface area (Å²) < 4.78 is 33.0. The average Bonchev–Trinajstić information content (AvgIpc) is 4.06. The van der Waals surface area contributed by atoms with E-state index in [4.69, 9.17) is 29.5 Å². The number of hydrogen-bond acceptors (Lipinski definition) is 15. The first-order valence-corrected chi connectivity index (χ1v) is 23.3. The molecule has 4 atom stereocenters. The van der Waals surface area contributed by atoms with Crippen molar-refractivity contribution in [1.82, 2.24) is 30.4 Å². The number of rotatable bonds is 11. The van der Waals surface area contributed by atoms with Crippen molar-refractivity contribution < 1.29 is 62.0 Å². The minimum Gasteiger partial charge on any atom is -0.480 e. The maximum Gasteiger partial charge on any atom is 0.496 e. The van der Waals surface area contributed by atoms with Gasteiger partial charge in [0.15, 0.2) is 0 Å². The quantitative estimate of drug-likeness (QED) is 0.203. The molecule has 4 aliphatic rings. The summed E-state index contributed by atoms with van der Waals surface area (Å²) in [6, 6.07) is 4.13. The molecular formula is C46H72B2N8O13. The van der Waals surface area contributed by atoms with Gasteiger partial charge in [-0.2, -0.15) is 0 Å². The van der Waals surface area contributed by atoms with Gasteiger partial charge in [-0.25, -0.2) is 24.4 Å². The van der Waals surface area contributed by atoms with Crippen molar-refractivity contribution in [3.63, 3.8) is 0 Å². The number of aliphatic carboxylic acids is 1. The number of carboxylic acids is 1. The van der Waals surface area contributed by atoms with Crippen LogP contribution >= 0.6 is 0 Å². The molecule has 5 amide bonds. The van der Waals surface area contributed by atoms with E-state index < -0.39 is 60.6 Å². The summed E-state index contributed by atoms with van der Waals surface area (Å²) in [7, 11) is 1.56. The first-order valence-electron chi connectivity index (χ1n) is 23.3. The van der Waals surface area contributed by atoms with Crippen LogP contribution in [-0.4, -0.2) is 149 Å². The van der Waals surface area contributed by atoms with Crippen molar-refractivity contribution in [2.24, 2.45) is 11.8 Å². The van der Waals surface area contributed by atoms with Crippen LogP contribution in [0.15, 0.2) is 36.7 Å².